The fourth-order valence-electron chi connectivity index (χ4n) is 0.660. The van der Waals surface area contributed by atoms with Crippen LogP contribution in [0, 0.1) is 5.92 Å². The Hall–Kier alpha value is -0.280. The minimum absolute atomic E-state index is 0.0683. The molecule has 0 radical (unpaired) electrons. The summed E-state index contributed by atoms with van der Waals surface area (Å²) in [6, 6.07) is 0. The smallest absolute Gasteiger partial charge is 0.303 e. The number of rotatable bonds is 4. The zero-order valence-electron chi connectivity index (χ0n) is 5.75. The maximum Gasteiger partial charge on any atom is 0.303 e. The van der Waals surface area contributed by atoms with Gasteiger partial charge in [-0.15, -0.1) is 0 Å². The Morgan fingerprint density at radius 1 is 1.70 bits per heavy atom. The van der Waals surface area contributed by atoms with E-state index in [2.05, 4.69) is 0 Å². The molecule has 0 saturated carbocycles. The number of hydrogen-bond acceptors (Lipinski definition) is 2. The molecule has 4 heteroatoms. The molecule has 0 saturated heterocycles. The molecule has 0 heterocycles. The average molecular weight is 167 g/mol. The minimum atomic E-state index is -1.04. The molecule has 0 fully saturated rings. The van der Waals surface area contributed by atoms with Gasteiger partial charge in [-0.05, 0) is 6.42 Å². The van der Waals surface area contributed by atoms with Gasteiger partial charge < -0.3 is 10.2 Å². The summed E-state index contributed by atoms with van der Waals surface area (Å²) >= 11 is 5.28. The molecule has 0 bridgehead atoms. The monoisotopic (exact) mass is 166 g/mol. The quantitative estimate of drug-likeness (QED) is 0.614. The van der Waals surface area contributed by atoms with Crippen molar-refractivity contribution in [3.05, 3.63) is 0 Å². The van der Waals surface area contributed by atoms with Gasteiger partial charge >= 0.3 is 5.97 Å². The van der Waals surface area contributed by atoms with Crippen LogP contribution in [0.4, 0.5) is 0 Å². The summed E-state index contributed by atoms with van der Waals surface area (Å²) in [6.45, 7) is 1.79. The highest BCUT2D eigenvalue weighted by Gasteiger charge is 2.17. The number of carbonyl (C=O) groups is 1. The van der Waals surface area contributed by atoms with Gasteiger partial charge in [0.1, 0.15) is 5.56 Å². The maximum atomic E-state index is 10.1. The maximum absolute atomic E-state index is 10.1. The van der Waals surface area contributed by atoms with Gasteiger partial charge in [-0.2, -0.15) is 0 Å². The molecule has 0 amide bonds. The van der Waals surface area contributed by atoms with E-state index in [1.54, 1.807) is 6.92 Å². The van der Waals surface area contributed by atoms with Crippen LogP contribution in [0.25, 0.3) is 0 Å². The lowest BCUT2D eigenvalue weighted by molar-refractivity contribution is -0.138. The third-order valence-corrected chi connectivity index (χ3v) is 1.71. The van der Waals surface area contributed by atoms with Crippen LogP contribution in [0.1, 0.15) is 19.8 Å². The highest BCUT2D eigenvalue weighted by Crippen LogP contribution is 2.15. The first kappa shape index (κ1) is 9.72. The first-order chi connectivity index (χ1) is 4.57. The van der Waals surface area contributed by atoms with E-state index in [1.165, 1.54) is 0 Å². The van der Waals surface area contributed by atoms with Crippen molar-refractivity contribution in [2.75, 3.05) is 0 Å². The largest absolute Gasteiger partial charge is 0.481 e. The van der Waals surface area contributed by atoms with Crippen molar-refractivity contribution >= 4 is 17.6 Å². The number of aliphatic hydroxyl groups is 1. The van der Waals surface area contributed by atoms with E-state index in [1.807, 2.05) is 0 Å². The molecule has 0 spiro atoms. The summed E-state index contributed by atoms with van der Waals surface area (Å²) < 4.78 is 0. The first-order valence-corrected chi connectivity index (χ1v) is 3.55. The van der Waals surface area contributed by atoms with E-state index in [-0.39, 0.29) is 12.3 Å². The molecule has 0 rings (SSSR count). The Morgan fingerprint density at radius 2 is 2.20 bits per heavy atom. The molecule has 0 aromatic carbocycles. The van der Waals surface area contributed by atoms with Gasteiger partial charge in [0.25, 0.3) is 0 Å². The Kier molecular flexibility index (Phi) is 4.40. The molecule has 2 atom stereocenters. The third-order valence-electron chi connectivity index (χ3n) is 1.35. The molecular weight excluding hydrogens is 156 g/mol. The number of carboxylic acid groups (broad SMARTS) is 1. The predicted molar refractivity (Wildman–Crippen MR) is 37.9 cm³/mol. The molecule has 0 aliphatic rings. The van der Waals surface area contributed by atoms with E-state index in [0.717, 1.165) is 0 Å². The average Bonchev–Trinajstić information content (AvgIpc) is 1.81. The van der Waals surface area contributed by atoms with Crippen LogP contribution < -0.4 is 0 Å². The van der Waals surface area contributed by atoms with E-state index in [0.29, 0.717) is 6.42 Å². The molecular formula is C6H11ClO3. The number of aliphatic hydroxyl groups excluding tert-OH is 1. The Balaban J connectivity index is 3.71. The lowest BCUT2D eigenvalue weighted by Gasteiger charge is -2.12. The second-order valence-corrected chi connectivity index (χ2v) is 2.59. The van der Waals surface area contributed by atoms with Crippen molar-refractivity contribution in [1.82, 2.24) is 0 Å². The molecule has 10 heavy (non-hydrogen) atoms. The lowest BCUT2D eigenvalue weighted by Crippen LogP contribution is -2.17. The van der Waals surface area contributed by atoms with Gasteiger partial charge in [-0.25, -0.2) is 0 Å². The van der Waals surface area contributed by atoms with Gasteiger partial charge in [0.2, 0.25) is 0 Å². The molecule has 0 aliphatic heterocycles. The van der Waals surface area contributed by atoms with Gasteiger partial charge in [0.05, 0.1) is 6.42 Å². The number of halogens is 1. The van der Waals surface area contributed by atoms with Gasteiger partial charge in [-0.1, -0.05) is 18.5 Å². The molecule has 1 unspecified atom stereocenters. The van der Waals surface area contributed by atoms with Crippen molar-refractivity contribution in [3.63, 3.8) is 0 Å². The summed E-state index contributed by atoms with van der Waals surface area (Å²) in [4.78, 5) is 10.1. The SMILES string of the molecule is CCC(CC(=O)O)[C@@H](O)Cl. The van der Waals surface area contributed by atoms with Gasteiger partial charge in [0, 0.05) is 5.92 Å². The summed E-state index contributed by atoms with van der Waals surface area (Å²) in [6.07, 6.45) is 0.512. The Morgan fingerprint density at radius 3 is 2.30 bits per heavy atom. The fraction of sp³-hybridized carbons (Fsp3) is 0.833. The van der Waals surface area contributed by atoms with E-state index >= 15 is 0 Å². The van der Waals surface area contributed by atoms with Crippen molar-refractivity contribution in [2.24, 2.45) is 5.92 Å². The number of carboxylic acids is 1. The van der Waals surface area contributed by atoms with Gasteiger partial charge in [-0.3, -0.25) is 4.79 Å². The van der Waals surface area contributed by atoms with Crippen LogP contribution in [-0.2, 0) is 4.79 Å². The standard InChI is InChI=1S/C6H11ClO3/c1-2-4(6(7)10)3-5(8)9/h4,6,10H,2-3H2,1H3,(H,8,9)/t4?,6-/m1/s1. The van der Waals surface area contributed by atoms with E-state index in [9.17, 15) is 4.79 Å². The van der Waals surface area contributed by atoms with Crippen molar-refractivity contribution < 1.29 is 15.0 Å². The van der Waals surface area contributed by atoms with Crippen LogP contribution in [0.15, 0.2) is 0 Å². The third kappa shape index (κ3) is 3.69. The number of alkyl halides is 1. The molecule has 0 aromatic rings. The first-order valence-electron chi connectivity index (χ1n) is 3.11. The van der Waals surface area contributed by atoms with Crippen LogP contribution in [-0.4, -0.2) is 21.7 Å². The lowest BCUT2D eigenvalue weighted by atomic mass is 10.0. The van der Waals surface area contributed by atoms with E-state index < -0.39 is 11.5 Å². The Labute approximate surface area is 64.6 Å². The van der Waals surface area contributed by atoms with E-state index in [4.69, 9.17) is 21.8 Å². The topological polar surface area (TPSA) is 57.5 Å². The van der Waals surface area contributed by atoms with Crippen LogP contribution in [0.3, 0.4) is 0 Å². The zero-order chi connectivity index (χ0) is 8.15. The second kappa shape index (κ2) is 4.52. The van der Waals surface area contributed by atoms with Crippen molar-refractivity contribution in [1.29, 1.82) is 0 Å². The summed E-state index contributed by atoms with van der Waals surface area (Å²) in [5.41, 5.74) is -1.04. The zero-order valence-corrected chi connectivity index (χ0v) is 6.51. The summed E-state index contributed by atoms with van der Waals surface area (Å²) in [7, 11) is 0. The number of hydrogen-bond donors (Lipinski definition) is 2. The summed E-state index contributed by atoms with van der Waals surface area (Å²) in [5.74, 6) is -1.26. The van der Waals surface area contributed by atoms with Crippen LogP contribution >= 0.6 is 11.6 Å². The normalized spacial score (nSPS) is 16.3. The van der Waals surface area contributed by atoms with Crippen LogP contribution in [0.2, 0.25) is 0 Å². The molecule has 0 aliphatic carbocycles. The van der Waals surface area contributed by atoms with Crippen molar-refractivity contribution in [2.45, 2.75) is 25.3 Å². The van der Waals surface area contributed by atoms with Gasteiger partial charge in [0.15, 0.2) is 0 Å². The van der Waals surface area contributed by atoms with Crippen molar-refractivity contribution in [3.8, 4) is 0 Å². The van der Waals surface area contributed by atoms with Crippen LogP contribution in [0.5, 0.6) is 0 Å². The Bertz CT molecular complexity index is 114. The highest BCUT2D eigenvalue weighted by atomic mass is 35.5. The molecule has 0 aromatic heterocycles. The predicted octanol–water partition coefficient (Wildman–Crippen LogP) is 1.04. The molecule has 3 nitrogen and oxygen atoms in total. The minimum Gasteiger partial charge on any atom is -0.481 e. The number of aliphatic carboxylic acids is 1. The fourth-order valence-corrected chi connectivity index (χ4v) is 0.928. The highest BCUT2D eigenvalue weighted by molar-refractivity contribution is 6.19. The second-order valence-electron chi connectivity index (χ2n) is 2.14. The molecule has 60 valence electrons. The molecule has 2 N–H and O–H groups in total. The summed E-state index contributed by atoms with van der Waals surface area (Å²) in [5, 5.41) is 17.1.